The molecule has 1 unspecified atom stereocenters. The van der Waals surface area contributed by atoms with E-state index in [2.05, 4.69) is 20.4 Å². The maximum atomic E-state index is 12.2. The van der Waals surface area contributed by atoms with Gasteiger partial charge in [0.05, 0.1) is 12.7 Å². The van der Waals surface area contributed by atoms with Crippen LogP contribution < -0.4 is 15.8 Å². The molecule has 2 heterocycles. The standard InChI is InChI=1S/C16H17N5O3S.ClH/c1-9(18-15(22)11-8-25-13(7-17)19-11)16-20-14(21-24-16)10-5-3-4-6-12(10)23-2;/h3-6,8-9H,7,17H2,1-2H3,(H,18,22);1H. The lowest BCUT2D eigenvalue weighted by atomic mass is 10.2. The van der Waals surface area contributed by atoms with Gasteiger partial charge in [0.25, 0.3) is 5.91 Å². The van der Waals surface area contributed by atoms with E-state index in [1.807, 2.05) is 24.3 Å². The third-order valence-corrected chi connectivity index (χ3v) is 4.34. The van der Waals surface area contributed by atoms with Gasteiger partial charge in [0.1, 0.15) is 22.5 Å². The molecule has 0 aliphatic heterocycles. The van der Waals surface area contributed by atoms with Crippen LogP contribution >= 0.6 is 23.7 Å². The van der Waals surface area contributed by atoms with Gasteiger partial charge in [0, 0.05) is 11.9 Å². The monoisotopic (exact) mass is 395 g/mol. The highest BCUT2D eigenvalue weighted by molar-refractivity contribution is 7.09. The first-order valence-electron chi connectivity index (χ1n) is 7.54. The van der Waals surface area contributed by atoms with Crippen LogP contribution in [0.15, 0.2) is 34.2 Å². The quantitative estimate of drug-likeness (QED) is 0.658. The Bertz CT molecular complexity index is 882. The summed E-state index contributed by atoms with van der Waals surface area (Å²) in [7, 11) is 1.58. The molecule has 10 heteroatoms. The summed E-state index contributed by atoms with van der Waals surface area (Å²) in [5.74, 6) is 1.01. The van der Waals surface area contributed by atoms with Crippen LogP contribution in [0.25, 0.3) is 11.4 Å². The molecule has 0 spiro atoms. The summed E-state index contributed by atoms with van der Waals surface area (Å²) in [5.41, 5.74) is 6.54. The van der Waals surface area contributed by atoms with Crippen LogP contribution in [0.1, 0.15) is 34.4 Å². The Kier molecular flexibility index (Phi) is 6.67. The number of para-hydroxylation sites is 1. The van der Waals surface area contributed by atoms with Gasteiger partial charge in [-0.15, -0.1) is 23.7 Å². The molecule has 0 radical (unpaired) electrons. The number of carbonyl (C=O) groups is 1. The van der Waals surface area contributed by atoms with Gasteiger partial charge in [0.15, 0.2) is 0 Å². The van der Waals surface area contributed by atoms with Gasteiger partial charge >= 0.3 is 0 Å². The molecule has 0 bridgehead atoms. The number of rotatable bonds is 6. The Morgan fingerprint density at radius 1 is 1.38 bits per heavy atom. The number of benzene rings is 1. The molecule has 26 heavy (non-hydrogen) atoms. The summed E-state index contributed by atoms with van der Waals surface area (Å²) in [4.78, 5) is 20.7. The van der Waals surface area contributed by atoms with Gasteiger partial charge < -0.3 is 20.3 Å². The van der Waals surface area contributed by atoms with E-state index in [1.165, 1.54) is 11.3 Å². The van der Waals surface area contributed by atoms with Crippen LogP contribution in [0.4, 0.5) is 0 Å². The molecule has 0 aliphatic rings. The normalized spacial score (nSPS) is 11.5. The highest BCUT2D eigenvalue weighted by Crippen LogP contribution is 2.28. The number of amides is 1. The van der Waals surface area contributed by atoms with Gasteiger partial charge in [-0.25, -0.2) is 4.98 Å². The van der Waals surface area contributed by atoms with E-state index in [4.69, 9.17) is 15.0 Å². The number of methoxy groups -OCH3 is 1. The molecule has 3 N–H and O–H groups in total. The number of hydrogen-bond acceptors (Lipinski definition) is 8. The highest BCUT2D eigenvalue weighted by atomic mass is 35.5. The lowest BCUT2D eigenvalue weighted by molar-refractivity contribution is 0.0928. The van der Waals surface area contributed by atoms with Crippen molar-refractivity contribution >= 4 is 29.7 Å². The number of ether oxygens (including phenoxy) is 1. The van der Waals surface area contributed by atoms with Crippen molar-refractivity contribution in [3.63, 3.8) is 0 Å². The fourth-order valence-corrected chi connectivity index (χ4v) is 2.85. The molecular weight excluding hydrogens is 378 g/mol. The Balaban J connectivity index is 0.00000243. The van der Waals surface area contributed by atoms with Crippen LogP contribution in [0.2, 0.25) is 0 Å². The first-order valence-corrected chi connectivity index (χ1v) is 8.42. The van der Waals surface area contributed by atoms with E-state index >= 15 is 0 Å². The van der Waals surface area contributed by atoms with Gasteiger partial charge in [-0.1, -0.05) is 17.3 Å². The zero-order valence-corrected chi connectivity index (χ0v) is 15.8. The zero-order valence-electron chi connectivity index (χ0n) is 14.1. The predicted molar refractivity (Wildman–Crippen MR) is 99.4 cm³/mol. The topological polar surface area (TPSA) is 116 Å². The fraction of sp³-hybridized carbons (Fsp3) is 0.250. The molecule has 0 aliphatic carbocycles. The summed E-state index contributed by atoms with van der Waals surface area (Å²) in [5, 5.41) is 9.11. The van der Waals surface area contributed by atoms with Gasteiger partial charge in [0.2, 0.25) is 11.7 Å². The number of aromatic nitrogens is 3. The lowest BCUT2D eigenvalue weighted by Gasteiger charge is -2.07. The van der Waals surface area contributed by atoms with Crippen molar-refractivity contribution in [2.45, 2.75) is 19.5 Å². The second-order valence-electron chi connectivity index (χ2n) is 5.18. The molecule has 0 saturated heterocycles. The van der Waals surface area contributed by atoms with Crippen molar-refractivity contribution in [3.8, 4) is 17.1 Å². The number of thiazole rings is 1. The van der Waals surface area contributed by atoms with Gasteiger partial charge in [-0.2, -0.15) is 4.98 Å². The average molecular weight is 396 g/mol. The fourth-order valence-electron chi connectivity index (χ4n) is 2.19. The Hall–Kier alpha value is -2.49. The van der Waals surface area contributed by atoms with Crippen molar-refractivity contribution in [2.24, 2.45) is 5.73 Å². The van der Waals surface area contributed by atoms with Crippen LogP contribution in [0, 0.1) is 0 Å². The minimum Gasteiger partial charge on any atom is -0.496 e. The van der Waals surface area contributed by atoms with Crippen molar-refractivity contribution in [2.75, 3.05) is 7.11 Å². The van der Waals surface area contributed by atoms with Crippen LogP contribution in [-0.4, -0.2) is 28.1 Å². The first-order chi connectivity index (χ1) is 12.1. The van der Waals surface area contributed by atoms with E-state index in [0.29, 0.717) is 40.3 Å². The molecule has 3 rings (SSSR count). The summed E-state index contributed by atoms with van der Waals surface area (Å²) in [6, 6.07) is 6.90. The van der Waals surface area contributed by atoms with E-state index in [9.17, 15) is 4.79 Å². The highest BCUT2D eigenvalue weighted by Gasteiger charge is 2.20. The number of halogens is 1. The van der Waals surface area contributed by atoms with E-state index in [1.54, 1.807) is 19.4 Å². The van der Waals surface area contributed by atoms with Crippen LogP contribution in [0.5, 0.6) is 5.75 Å². The molecule has 1 atom stereocenters. The molecule has 0 fully saturated rings. The third-order valence-electron chi connectivity index (χ3n) is 3.47. The van der Waals surface area contributed by atoms with Gasteiger partial charge in [-0.05, 0) is 19.1 Å². The van der Waals surface area contributed by atoms with Crippen molar-refractivity contribution < 1.29 is 14.1 Å². The molecule has 8 nitrogen and oxygen atoms in total. The van der Waals surface area contributed by atoms with Crippen LogP contribution in [-0.2, 0) is 6.54 Å². The molecule has 0 saturated carbocycles. The SMILES string of the molecule is COc1ccccc1-c1noc(C(C)NC(=O)c2csc(CN)n2)n1.Cl. The van der Waals surface area contributed by atoms with Crippen molar-refractivity contribution in [1.29, 1.82) is 0 Å². The third kappa shape index (κ3) is 4.18. The molecule has 1 amide bonds. The second kappa shape index (κ2) is 8.75. The molecular formula is C16H18ClN5O3S. The minimum atomic E-state index is -0.466. The summed E-state index contributed by atoms with van der Waals surface area (Å²) >= 11 is 1.34. The molecule has 138 valence electrons. The second-order valence-corrected chi connectivity index (χ2v) is 6.12. The number of nitrogens with two attached hydrogens (primary N) is 1. The summed E-state index contributed by atoms with van der Waals surface area (Å²) in [6.07, 6.45) is 0. The molecule has 1 aromatic carbocycles. The number of carbonyl (C=O) groups excluding carboxylic acids is 1. The Morgan fingerprint density at radius 2 is 2.15 bits per heavy atom. The average Bonchev–Trinajstić information content (AvgIpc) is 3.31. The number of nitrogens with zero attached hydrogens (tertiary/aromatic N) is 3. The van der Waals surface area contributed by atoms with Gasteiger partial charge in [-0.3, -0.25) is 4.79 Å². The minimum absolute atomic E-state index is 0. The van der Waals surface area contributed by atoms with Crippen molar-refractivity contribution in [1.82, 2.24) is 20.4 Å². The Labute approximate surface area is 160 Å². The van der Waals surface area contributed by atoms with E-state index in [0.717, 1.165) is 0 Å². The van der Waals surface area contributed by atoms with Crippen LogP contribution in [0.3, 0.4) is 0 Å². The smallest absolute Gasteiger partial charge is 0.271 e. The summed E-state index contributed by atoms with van der Waals surface area (Å²) in [6.45, 7) is 2.06. The maximum Gasteiger partial charge on any atom is 0.271 e. The van der Waals surface area contributed by atoms with E-state index < -0.39 is 6.04 Å². The maximum absolute atomic E-state index is 12.2. The zero-order chi connectivity index (χ0) is 17.8. The molecule has 3 aromatic rings. The Morgan fingerprint density at radius 3 is 2.85 bits per heavy atom. The molecule has 2 aromatic heterocycles. The van der Waals surface area contributed by atoms with E-state index in [-0.39, 0.29) is 18.3 Å². The largest absolute Gasteiger partial charge is 0.496 e. The summed E-state index contributed by atoms with van der Waals surface area (Å²) < 4.78 is 10.6. The number of nitrogens with one attached hydrogen (secondary N) is 1. The first kappa shape index (κ1) is 19.8. The van der Waals surface area contributed by atoms with Crippen molar-refractivity contribution in [3.05, 3.63) is 46.2 Å². The lowest BCUT2D eigenvalue weighted by Crippen LogP contribution is -2.27. The number of hydrogen-bond donors (Lipinski definition) is 2. The predicted octanol–water partition coefficient (Wildman–Crippen LogP) is 2.57.